The van der Waals surface area contributed by atoms with E-state index < -0.39 is 0 Å². The van der Waals surface area contributed by atoms with E-state index in [4.69, 9.17) is 4.52 Å². The molecule has 0 aromatic carbocycles. The zero-order chi connectivity index (χ0) is 16.0. The van der Waals surface area contributed by atoms with Crippen LogP contribution in [0, 0.1) is 6.92 Å². The SMILES string of the molecule is CCc1nc(C)n(C)c1-c1nc(-c2ccnc3[nH]ccc23)no1. The molecule has 23 heavy (non-hydrogen) atoms. The van der Waals surface area contributed by atoms with Gasteiger partial charge in [-0.25, -0.2) is 9.97 Å². The van der Waals surface area contributed by atoms with E-state index in [1.54, 1.807) is 6.20 Å². The number of hydrogen-bond donors (Lipinski definition) is 1. The van der Waals surface area contributed by atoms with Crippen molar-refractivity contribution in [2.75, 3.05) is 0 Å². The third-order valence-electron chi connectivity index (χ3n) is 4.06. The van der Waals surface area contributed by atoms with Gasteiger partial charge in [-0.2, -0.15) is 4.98 Å². The summed E-state index contributed by atoms with van der Waals surface area (Å²) in [6.45, 7) is 4.03. The van der Waals surface area contributed by atoms with Gasteiger partial charge in [-0.3, -0.25) is 0 Å². The van der Waals surface area contributed by atoms with E-state index in [9.17, 15) is 0 Å². The standard InChI is InChI=1S/C16H16N6O/c1-4-12-13(22(3)9(2)19-12)16-20-15(21-23-16)11-6-8-18-14-10(11)5-7-17-14/h5-8H,4H2,1-3H3,(H,17,18). The fraction of sp³-hybridized carbons (Fsp3) is 0.250. The quantitative estimate of drug-likeness (QED) is 0.629. The van der Waals surface area contributed by atoms with E-state index in [1.165, 1.54) is 0 Å². The first-order chi connectivity index (χ1) is 11.2. The number of nitrogens with one attached hydrogen (secondary N) is 1. The summed E-state index contributed by atoms with van der Waals surface area (Å²) >= 11 is 0. The van der Waals surface area contributed by atoms with E-state index in [1.807, 2.05) is 36.9 Å². The molecule has 4 rings (SSSR count). The molecule has 0 aliphatic carbocycles. The normalized spacial score (nSPS) is 11.4. The Morgan fingerprint density at radius 2 is 2.13 bits per heavy atom. The Balaban J connectivity index is 1.86. The number of imidazole rings is 1. The topological polar surface area (TPSA) is 85.4 Å². The smallest absolute Gasteiger partial charge is 0.276 e. The van der Waals surface area contributed by atoms with Crippen LogP contribution < -0.4 is 0 Å². The van der Waals surface area contributed by atoms with Crippen molar-refractivity contribution in [1.29, 1.82) is 0 Å². The third-order valence-corrected chi connectivity index (χ3v) is 4.06. The van der Waals surface area contributed by atoms with Crippen LogP contribution in [0.25, 0.3) is 34.0 Å². The lowest BCUT2D eigenvalue weighted by molar-refractivity contribution is 0.429. The summed E-state index contributed by atoms with van der Waals surface area (Å²) in [6, 6.07) is 3.85. The van der Waals surface area contributed by atoms with Crippen LogP contribution in [0.1, 0.15) is 18.4 Å². The van der Waals surface area contributed by atoms with Crippen LogP contribution in [0.2, 0.25) is 0 Å². The fourth-order valence-electron chi connectivity index (χ4n) is 2.78. The number of rotatable bonds is 3. The largest absolute Gasteiger partial charge is 0.346 e. The molecule has 4 aromatic rings. The van der Waals surface area contributed by atoms with Crippen LogP contribution >= 0.6 is 0 Å². The average molecular weight is 308 g/mol. The van der Waals surface area contributed by atoms with Gasteiger partial charge in [0, 0.05) is 30.4 Å². The van der Waals surface area contributed by atoms with Crippen molar-refractivity contribution in [3.05, 3.63) is 36.0 Å². The lowest BCUT2D eigenvalue weighted by Crippen LogP contribution is -1.96. The molecule has 1 N–H and O–H groups in total. The maximum atomic E-state index is 5.51. The van der Waals surface area contributed by atoms with Crippen molar-refractivity contribution >= 4 is 11.0 Å². The Hall–Kier alpha value is -2.96. The molecule has 0 fully saturated rings. The zero-order valence-corrected chi connectivity index (χ0v) is 13.2. The van der Waals surface area contributed by atoms with Crippen LogP contribution in [-0.2, 0) is 13.5 Å². The van der Waals surface area contributed by atoms with Gasteiger partial charge in [0.05, 0.1) is 5.69 Å². The van der Waals surface area contributed by atoms with Gasteiger partial charge < -0.3 is 14.1 Å². The first-order valence-electron chi connectivity index (χ1n) is 7.47. The van der Waals surface area contributed by atoms with E-state index in [2.05, 4.69) is 32.0 Å². The van der Waals surface area contributed by atoms with Gasteiger partial charge >= 0.3 is 0 Å². The fourth-order valence-corrected chi connectivity index (χ4v) is 2.78. The van der Waals surface area contributed by atoms with Crippen LogP contribution in [0.5, 0.6) is 0 Å². The minimum Gasteiger partial charge on any atom is -0.346 e. The van der Waals surface area contributed by atoms with E-state index >= 15 is 0 Å². The highest BCUT2D eigenvalue weighted by atomic mass is 16.5. The molecule has 0 radical (unpaired) electrons. The van der Waals surface area contributed by atoms with E-state index in [0.717, 1.165) is 40.2 Å². The molecule has 4 aromatic heterocycles. The number of aryl methyl sites for hydroxylation is 2. The molecule has 7 heteroatoms. The minimum absolute atomic E-state index is 0.487. The second-order valence-electron chi connectivity index (χ2n) is 5.39. The summed E-state index contributed by atoms with van der Waals surface area (Å²) in [5, 5.41) is 5.12. The number of hydrogen-bond acceptors (Lipinski definition) is 5. The molecule has 0 amide bonds. The number of H-pyrrole nitrogens is 1. The number of pyridine rings is 1. The predicted molar refractivity (Wildman–Crippen MR) is 85.7 cm³/mol. The molecular formula is C16H16N6O. The molecule has 0 bridgehead atoms. The highest BCUT2D eigenvalue weighted by Crippen LogP contribution is 2.28. The minimum atomic E-state index is 0.487. The molecule has 0 spiro atoms. The van der Waals surface area contributed by atoms with Gasteiger partial charge in [0.15, 0.2) is 0 Å². The first-order valence-corrected chi connectivity index (χ1v) is 7.47. The van der Waals surface area contributed by atoms with Crippen LogP contribution in [0.4, 0.5) is 0 Å². The number of nitrogens with zero attached hydrogens (tertiary/aromatic N) is 5. The first kappa shape index (κ1) is 13.7. The maximum absolute atomic E-state index is 5.51. The summed E-state index contributed by atoms with van der Waals surface area (Å²) in [5.41, 5.74) is 3.53. The molecule has 0 atom stereocenters. The van der Waals surface area contributed by atoms with Gasteiger partial charge in [0.25, 0.3) is 5.89 Å². The van der Waals surface area contributed by atoms with Gasteiger partial charge in [-0.1, -0.05) is 12.1 Å². The van der Waals surface area contributed by atoms with Crippen molar-refractivity contribution in [1.82, 2.24) is 29.7 Å². The van der Waals surface area contributed by atoms with Gasteiger partial charge in [0.1, 0.15) is 17.2 Å². The molecule has 4 heterocycles. The number of fused-ring (bicyclic) bond motifs is 1. The Morgan fingerprint density at radius 1 is 1.26 bits per heavy atom. The Kier molecular flexibility index (Phi) is 3.00. The summed E-state index contributed by atoms with van der Waals surface area (Å²) in [5.74, 6) is 1.96. The van der Waals surface area contributed by atoms with E-state index in [0.29, 0.717) is 11.7 Å². The van der Waals surface area contributed by atoms with Crippen molar-refractivity contribution in [2.24, 2.45) is 7.05 Å². The van der Waals surface area contributed by atoms with Crippen molar-refractivity contribution in [2.45, 2.75) is 20.3 Å². The predicted octanol–water partition coefficient (Wildman–Crippen LogP) is 2.88. The Labute approximate surface area is 132 Å². The maximum Gasteiger partial charge on any atom is 0.276 e. The monoisotopic (exact) mass is 308 g/mol. The molecule has 0 saturated heterocycles. The van der Waals surface area contributed by atoms with Crippen molar-refractivity contribution in [3.63, 3.8) is 0 Å². The highest BCUT2D eigenvalue weighted by Gasteiger charge is 2.20. The van der Waals surface area contributed by atoms with Crippen LogP contribution in [0.3, 0.4) is 0 Å². The number of aromatic nitrogens is 6. The lowest BCUT2D eigenvalue weighted by atomic mass is 10.2. The average Bonchev–Trinajstić information content (AvgIpc) is 3.26. The van der Waals surface area contributed by atoms with Gasteiger partial charge in [-0.05, 0) is 25.5 Å². The highest BCUT2D eigenvalue weighted by molar-refractivity contribution is 5.90. The second-order valence-corrected chi connectivity index (χ2v) is 5.39. The summed E-state index contributed by atoms with van der Waals surface area (Å²) in [6.07, 6.45) is 4.39. The molecule has 7 nitrogen and oxygen atoms in total. The molecule has 116 valence electrons. The second kappa shape index (κ2) is 5.05. The van der Waals surface area contributed by atoms with Gasteiger partial charge in [-0.15, -0.1) is 0 Å². The Bertz CT molecular complexity index is 993. The summed E-state index contributed by atoms with van der Waals surface area (Å²) in [7, 11) is 1.96. The zero-order valence-electron chi connectivity index (χ0n) is 13.2. The lowest BCUT2D eigenvalue weighted by Gasteiger charge is -1.99. The van der Waals surface area contributed by atoms with E-state index in [-0.39, 0.29) is 0 Å². The molecule has 0 aliphatic heterocycles. The molecule has 0 unspecified atom stereocenters. The molecule has 0 aliphatic rings. The van der Waals surface area contributed by atoms with Crippen LogP contribution in [0.15, 0.2) is 29.0 Å². The molecular weight excluding hydrogens is 292 g/mol. The number of aromatic amines is 1. The summed E-state index contributed by atoms with van der Waals surface area (Å²) < 4.78 is 7.50. The van der Waals surface area contributed by atoms with Crippen LogP contribution in [-0.4, -0.2) is 29.7 Å². The van der Waals surface area contributed by atoms with Gasteiger partial charge in [0.2, 0.25) is 5.82 Å². The summed E-state index contributed by atoms with van der Waals surface area (Å²) in [4.78, 5) is 16.5. The Morgan fingerprint density at radius 3 is 2.96 bits per heavy atom. The molecule has 0 saturated carbocycles. The third kappa shape index (κ3) is 2.04. The van der Waals surface area contributed by atoms with Crippen molar-refractivity contribution in [3.8, 4) is 23.0 Å². The van der Waals surface area contributed by atoms with Crippen molar-refractivity contribution < 1.29 is 4.52 Å².